The lowest BCUT2D eigenvalue weighted by atomic mass is 10.0. The average molecular weight is 472 g/mol. The Bertz CT molecular complexity index is 1190. The van der Waals surface area contributed by atoms with Gasteiger partial charge in [-0.05, 0) is 43.5 Å². The highest BCUT2D eigenvalue weighted by Gasteiger charge is 2.20. The van der Waals surface area contributed by atoms with E-state index >= 15 is 0 Å². The topological polar surface area (TPSA) is 81.1 Å². The first-order valence-corrected chi connectivity index (χ1v) is 11.8. The largest absolute Gasteiger partial charge is 0.356 e. The molecule has 3 rings (SSSR count). The number of halogens is 1. The number of benzene rings is 2. The number of carbonyl (C=O) groups is 2. The molecule has 1 atom stereocenters. The van der Waals surface area contributed by atoms with Crippen LogP contribution in [0.4, 0.5) is 0 Å². The highest BCUT2D eigenvalue weighted by molar-refractivity contribution is 8.00. The molecule has 0 aliphatic rings. The number of amides is 1. The van der Waals surface area contributed by atoms with Crippen molar-refractivity contribution in [1.82, 2.24) is 14.9 Å². The summed E-state index contributed by atoms with van der Waals surface area (Å²) in [5, 5.41) is 3.88. The minimum absolute atomic E-state index is 0.0353. The molecule has 1 heterocycles. The number of ketones is 1. The summed E-state index contributed by atoms with van der Waals surface area (Å²) in [6.07, 6.45) is 1.47. The number of carbonyl (C=O) groups excluding carboxylic acids is 2. The lowest BCUT2D eigenvalue weighted by Crippen LogP contribution is -2.25. The van der Waals surface area contributed by atoms with Gasteiger partial charge in [-0.2, -0.15) is 0 Å². The minimum atomic E-state index is -0.424. The fraction of sp³-hybridized carbons (Fsp3) is 0.333. The van der Waals surface area contributed by atoms with Crippen LogP contribution in [-0.4, -0.2) is 33.0 Å². The third kappa shape index (κ3) is 5.78. The summed E-state index contributed by atoms with van der Waals surface area (Å²) < 4.78 is 1.63. The molecule has 8 heteroatoms. The van der Waals surface area contributed by atoms with Crippen LogP contribution < -0.4 is 10.9 Å². The molecule has 0 fully saturated rings. The summed E-state index contributed by atoms with van der Waals surface area (Å²) in [5.41, 5.74) is 2.04. The first-order valence-electron chi connectivity index (χ1n) is 10.5. The molecule has 1 amide bonds. The zero-order valence-electron chi connectivity index (χ0n) is 18.4. The molecule has 168 valence electrons. The zero-order valence-corrected chi connectivity index (χ0v) is 19.9. The van der Waals surface area contributed by atoms with E-state index in [1.807, 2.05) is 26.0 Å². The van der Waals surface area contributed by atoms with E-state index in [0.29, 0.717) is 46.2 Å². The number of thioether (sulfide) groups is 1. The van der Waals surface area contributed by atoms with Crippen LogP contribution in [0.15, 0.2) is 52.4 Å². The van der Waals surface area contributed by atoms with Gasteiger partial charge in [0.1, 0.15) is 0 Å². The highest BCUT2D eigenvalue weighted by atomic mass is 35.5. The van der Waals surface area contributed by atoms with Gasteiger partial charge in [0.2, 0.25) is 5.91 Å². The smallest absolute Gasteiger partial charge is 0.262 e. The van der Waals surface area contributed by atoms with Crippen LogP contribution >= 0.6 is 23.4 Å². The van der Waals surface area contributed by atoms with Crippen molar-refractivity contribution in [1.29, 1.82) is 0 Å². The second-order valence-corrected chi connectivity index (χ2v) is 9.31. The number of hydrogen-bond donors (Lipinski definition) is 1. The van der Waals surface area contributed by atoms with Crippen LogP contribution in [0.5, 0.6) is 0 Å². The third-order valence-corrected chi connectivity index (χ3v) is 6.33. The Morgan fingerprint density at radius 2 is 1.91 bits per heavy atom. The Kier molecular flexibility index (Phi) is 8.10. The number of Topliss-reactive ketones (excluding diaryl/α,β-unsaturated/α-hetero) is 1. The molecule has 0 bridgehead atoms. The molecule has 0 spiro atoms. The fourth-order valence-corrected chi connectivity index (χ4v) is 4.53. The Morgan fingerprint density at radius 3 is 2.56 bits per heavy atom. The van der Waals surface area contributed by atoms with Crippen LogP contribution in [0.2, 0.25) is 5.02 Å². The molecular weight excluding hydrogens is 446 g/mol. The maximum Gasteiger partial charge on any atom is 0.262 e. The van der Waals surface area contributed by atoms with Crippen molar-refractivity contribution in [2.75, 3.05) is 6.54 Å². The molecule has 1 N–H and O–H groups in total. The molecule has 0 aliphatic heterocycles. The van der Waals surface area contributed by atoms with E-state index in [9.17, 15) is 14.4 Å². The Balaban J connectivity index is 1.80. The maximum atomic E-state index is 13.0. The van der Waals surface area contributed by atoms with Gasteiger partial charge in [0.15, 0.2) is 10.9 Å². The van der Waals surface area contributed by atoms with E-state index in [4.69, 9.17) is 11.6 Å². The van der Waals surface area contributed by atoms with Crippen molar-refractivity contribution in [3.05, 3.63) is 69.0 Å². The van der Waals surface area contributed by atoms with Crippen LogP contribution in [-0.2, 0) is 17.8 Å². The van der Waals surface area contributed by atoms with Gasteiger partial charge < -0.3 is 5.32 Å². The van der Waals surface area contributed by atoms with Crippen molar-refractivity contribution in [3.63, 3.8) is 0 Å². The van der Waals surface area contributed by atoms with Crippen molar-refractivity contribution in [2.45, 2.75) is 50.6 Å². The minimum Gasteiger partial charge on any atom is -0.356 e. The molecule has 3 aromatic rings. The summed E-state index contributed by atoms with van der Waals surface area (Å²) in [5.74, 6) is -0.0966. The molecule has 0 aliphatic carbocycles. The van der Waals surface area contributed by atoms with Gasteiger partial charge in [-0.3, -0.25) is 19.0 Å². The second-order valence-electron chi connectivity index (χ2n) is 7.57. The molecular formula is C24H26ClN3O3S. The first-order chi connectivity index (χ1) is 15.3. The zero-order chi connectivity index (χ0) is 23.3. The molecule has 0 saturated carbocycles. The fourth-order valence-electron chi connectivity index (χ4n) is 3.35. The first kappa shape index (κ1) is 24.0. The van der Waals surface area contributed by atoms with E-state index in [1.165, 1.54) is 18.7 Å². The number of nitrogens with one attached hydrogen (secondary N) is 1. The number of nitrogens with zero attached hydrogens (tertiary/aromatic N) is 2. The number of rotatable bonds is 9. The highest BCUT2D eigenvalue weighted by Crippen LogP contribution is 2.26. The van der Waals surface area contributed by atoms with Gasteiger partial charge in [0.05, 0.1) is 16.2 Å². The van der Waals surface area contributed by atoms with E-state index in [2.05, 4.69) is 10.3 Å². The van der Waals surface area contributed by atoms with Crippen molar-refractivity contribution < 1.29 is 9.59 Å². The van der Waals surface area contributed by atoms with Crippen molar-refractivity contribution >= 4 is 46.0 Å². The Hall–Kier alpha value is -2.64. The van der Waals surface area contributed by atoms with E-state index in [1.54, 1.807) is 34.9 Å². The van der Waals surface area contributed by atoms with Crippen LogP contribution in [0.1, 0.15) is 43.1 Å². The van der Waals surface area contributed by atoms with Crippen LogP contribution in [0, 0.1) is 0 Å². The van der Waals surface area contributed by atoms with Gasteiger partial charge in [0.25, 0.3) is 5.56 Å². The van der Waals surface area contributed by atoms with Crippen molar-refractivity contribution in [3.8, 4) is 0 Å². The molecule has 0 radical (unpaired) electrons. The van der Waals surface area contributed by atoms with Gasteiger partial charge in [-0.1, -0.05) is 54.6 Å². The van der Waals surface area contributed by atoms with Gasteiger partial charge in [-0.25, -0.2) is 4.98 Å². The summed E-state index contributed by atoms with van der Waals surface area (Å²) in [4.78, 5) is 41.6. The van der Waals surface area contributed by atoms with E-state index in [0.717, 1.165) is 12.0 Å². The predicted molar refractivity (Wildman–Crippen MR) is 130 cm³/mol. The SMILES string of the molecule is CCCn1c(SC(C)C(=O)c2ccc(CCNC(C)=O)cc2)nc2cc(Cl)ccc2c1=O. The van der Waals surface area contributed by atoms with Crippen LogP contribution in [0.25, 0.3) is 10.9 Å². The molecule has 1 unspecified atom stereocenters. The summed E-state index contributed by atoms with van der Waals surface area (Å²) >= 11 is 7.37. The monoisotopic (exact) mass is 471 g/mol. The van der Waals surface area contributed by atoms with E-state index < -0.39 is 5.25 Å². The molecule has 6 nitrogen and oxygen atoms in total. The predicted octanol–water partition coefficient (Wildman–Crippen LogP) is 4.50. The van der Waals surface area contributed by atoms with Gasteiger partial charge in [-0.15, -0.1) is 0 Å². The maximum absolute atomic E-state index is 13.0. The quantitative estimate of drug-likeness (QED) is 0.282. The lowest BCUT2D eigenvalue weighted by molar-refractivity contribution is -0.118. The summed E-state index contributed by atoms with van der Waals surface area (Å²) in [7, 11) is 0. The average Bonchev–Trinajstić information content (AvgIpc) is 2.76. The summed E-state index contributed by atoms with van der Waals surface area (Å²) in [6.45, 7) is 6.38. The molecule has 1 aromatic heterocycles. The number of fused-ring (bicyclic) bond motifs is 1. The Labute approximate surface area is 196 Å². The van der Waals surface area contributed by atoms with Crippen LogP contribution in [0.3, 0.4) is 0 Å². The molecule has 2 aromatic carbocycles. The molecule has 32 heavy (non-hydrogen) atoms. The van der Waals surface area contributed by atoms with Crippen molar-refractivity contribution in [2.24, 2.45) is 0 Å². The number of aromatic nitrogens is 2. The number of hydrogen-bond acceptors (Lipinski definition) is 5. The van der Waals surface area contributed by atoms with E-state index in [-0.39, 0.29) is 17.2 Å². The normalized spacial score (nSPS) is 12.0. The standard InChI is InChI=1S/C24H26ClN3O3S/c1-4-13-28-23(31)20-10-9-19(25)14-21(20)27-24(28)32-15(2)22(30)18-7-5-17(6-8-18)11-12-26-16(3)29/h5-10,14-15H,4,11-13H2,1-3H3,(H,26,29). The Morgan fingerprint density at radius 1 is 1.19 bits per heavy atom. The summed E-state index contributed by atoms with van der Waals surface area (Å²) in [6, 6.07) is 12.4. The lowest BCUT2D eigenvalue weighted by Gasteiger charge is -2.16. The molecule has 0 saturated heterocycles. The van der Waals surface area contributed by atoms with Gasteiger partial charge in [0, 0.05) is 30.6 Å². The third-order valence-electron chi connectivity index (χ3n) is 5.01. The van der Waals surface area contributed by atoms with Gasteiger partial charge >= 0.3 is 0 Å². The second kappa shape index (κ2) is 10.8.